The van der Waals surface area contributed by atoms with Gasteiger partial charge in [0.15, 0.2) is 12.4 Å². The molecule has 2 aromatic carbocycles. The summed E-state index contributed by atoms with van der Waals surface area (Å²) in [4.78, 5) is 21.3. The molecule has 0 saturated heterocycles. The molecule has 2 aromatic heterocycles. The maximum absolute atomic E-state index is 12.9. The van der Waals surface area contributed by atoms with Crippen LogP contribution >= 0.6 is 0 Å². The van der Waals surface area contributed by atoms with Crippen molar-refractivity contribution < 1.29 is 14.1 Å². The molecule has 9 nitrogen and oxygen atoms in total. The number of hydrogen-bond acceptors (Lipinski definition) is 7. The normalized spacial score (nSPS) is 11.8. The largest absolute Gasteiger partial charge is 0.485 e. The van der Waals surface area contributed by atoms with Gasteiger partial charge in [0.1, 0.15) is 17.6 Å². The number of aromatic nitrogens is 5. The first-order valence-electron chi connectivity index (χ1n) is 9.35. The number of amides is 1. The molecule has 152 valence electrons. The Labute approximate surface area is 172 Å². The van der Waals surface area contributed by atoms with Crippen molar-refractivity contribution in [2.24, 2.45) is 0 Å². The van der Waals surface area contributed by atoms with Crippen molar-refractivity contribution in [1.82, 2.24) is 30.6 Å². The molecule has 0 bridgehead atoms. The number of carbonyl (C=O) groups is 1. The number of aromatic amines is 1. The lowest BCUT2D eigenvalue weighted by Crippen LogP contribution is -2.30. The van der Waals surface area contributed by atoms with E-state index in [-0.39, 0.29) is 12.5 Å². The Hall–Kier alpha value is -4.01. The molecule has 1 atom stereocenters. The number of rotatable bonds is 7. The second-order valence-corrected chi connectivity index (χ2v) is 6.64. The van der Waals surface area contributed by atoms with Gasteiger partial charge in [-0.3, -0.25) is 9.89 Å². The zero-order valence-electron chi connectivity index (χ0n) is 16.5. The molecule has 0 aliphatic rings. The van der Waals surface area contributed by atoms with Crippen LogP contribution in [-0.4, -0.2) is 31.2 Å². The number of benzene rings is 2. The van der Waals surface area contributed by atoms with Crippen LogP contribution in [0.4, 0.5) is 0 Å². The van der Waals surface area contributed by atoms with E-state index in [1.807, 2.05) is 37.3 Å². The zero-order chi connectivity index (χ0) is 20.9. The van der Waals surface area contributed by atoms with Gasteiger partial charge in [-0.2, -0.15) is 10.1 Å². The molecule has 0 aliphatic carbocycles. The van der Waals surface area contributed by atoms with Crippen LogP contribution in [0.25, 0.3) is 0 Å². The monoisotopic (exact) mass is 404 g/mol. The molecule has 2 heterocycles. The fraction of sp³-hybridized carbons (Fsp3) is 0.190. The van der Waals surface area contributed by atoms with Crippen LogP contribution in [0.2, 0.25) is 0 Å². The Morgan fingerprint density at radius 3 is 2.50 bits per heavy atom. The van der Waals surface area contributed by atoms with Crippen molar-refractivity contribution in [2.45, 2.75) is 26.5 Å². The molecule has 0 saturated carbocycles. The van der Waals surface area contributed by atoms with Crippen LogP contribution in [-0.2, 0) is 6.61 Å². The lowest BCUT2D eigenvalue weighted by Gasteiger charge is -2.16. The molecule has 2 N–H and O–H groups in total. The minimum Gasteiger partial charge on any atom is -0.485 e. The van der Waals surface area contributed by atoms with Crippen LogP contribution in [0.5, 0.6) is 5.75 Å². The molecular formula is C21H20N6O3. The number of carbonyl (C=O) groups excluding carboxylic acids is 1. The Morgan fingerprint density at radius 1 is 1.10 bits per heavy atom. The summed E-state index contributed by atoms with van der Waals surface area (Å²) in [7, 11) is 0. The van der Waals surface area contributed by atoms with Crippen molar-refractivity contribution in [3.8, 4) is 5.75 Å². The van der Waals surface area contributed by atoms with Gasteiger partial charge in [-0.1, -0.05) is 35.5 Å². The molecule has 0 radical (unpaired) electrons. The number of aryl methyl sites for hydroxylation is 2. The number of nitrogens with one attached hydrogen (secondary N) is 2. The van der Waals surface area contributed by atoms with E-state index >= 15 is 0 Å². The van der Waals surface area contributed by atoms with Crippen molar-refractivity contribution >= 4 is 5.91 Å². The maximum Gasteiger partial charge on any atom is 0.252 e. The highest BCUT2D eigenvalue weighted by Crippen LogP contribution is 2.20. The molecule has 1 amide bonds. The van der Waals surface area contributed by atoms with E-state index in [0.29, 0.717) is 34.7 Å². The van der Waals surface area contributed by atoms with Gasteiger partial charge in [0.2, 0.25) is 11.7 Å². The van der Waals surface area contributed by atoms with E-state index < -0.39 is 6.04 Å². The van der Waals surface area contributed by atoms with Gasteiger partial charge in [0.25, 0.3) is 5.91 Å². The zero-order valence-corrected chi connectivity index (χ0v) is 16.5. The van der Waals surface area contributed by atoms with Gasteiger partial charge in [-0.15, -0.1) is 0 Å². The van der Waals surface area contributed by atoms with E-state index in [1.54, 1.807) is 31.2 Å². The van der Waals surface area contributed by atoms with Crippen LogP contribution in [0.3, 0.4) is 0 Å². The molecule has 4 rings (SSSR count). The second-order valence-electron chi connectivity index (χ2n) is 6.64. The van der Waals surface area contributed by atoms with E-state index in [4.69, 9.17) is 9.26 Å². The number of H-pyrrole nitrogens is 1. The van der Waals surface area contributed by atoms with Crippen LogP contribution in [0.1, 0.15) is 45.3 Å². The smallest absolute Gasteiger partial charge is 0.252 e. The maximum atomic E-state index is 12.9. The quantitative estimate of drug-likeness (QED) is 0.486. The van der Waals surface area contributed by atoms with E-state index in [2.05, 4.69) is 30.6 Å². The topological polar surface area (TPSA) is 119 Å². The van der Waals surface area contributed by atoms with Gasteiger partial charge < -0.3 is 14.6 Å². The molecule has 0 aliphatic heterocycles. The summed E-state index contributed by atoms with van der Waals surface area (Å²) in [6.45, 7) is 3.71. The van der Waals surface area contributed by atoms with Gasteiger partial charge in [0.05, 0.1) is 0 Å². The molecule has 9 heteroatoms. The average Bonchev–Trinajstić information content (AvgIpc) is 3.39. The summed E-state index contributed by atoms with van der Waals surface area (Å²) in [5.74, 6) is 2.47. The molecule has 0 fully saturated rings. The fourth-order valence-corrected chi connectivity index (χ4v) is 2.90. The first-order valence-corrected chi connectivity index (χ1v) is 9.35. The summed E-state index contributed by atoms with van der Waals surface area (Å²) in [6.07, 6.45) is 0. The predicted molar refractivity (Wildman–Crippen MR) is 107 cm³/mol. The van der Waals surface area contributed by atoms with Crippen molar-refractivity contribution in [3.05, 3.63) is 89.1 Å². The molecular weight excluding hydrogens is 384 g/mol. The van der Waals surface area contributed by atoms with Crippen molar-refractivity contribution in [2.75, 3.05) is 0 Å². The first-order chi connectivity index (χ1) is 14.6. The summed E-state index contributed by atoms with van der Waals surface area (Å²) in [5, 5.41) is 13.8. The average molecular weight is 404 g/mol. The van der Waals surface area contributed by atoms with Gasteiger partial charge >= 0.3 is 0 Å². The standard InChI is InChI=1S/C21H20N6O3/c1-13-22-20(26-25-13)19(15-6-4-3-5-7-15)24-21(28)16-8-10-17(11-9-16)29-12-18-23-14(2)30-27-18/h3-11,19H,12H2,1-2H3,(H,24,28)(H,22,25,26). The highest BCUT2D eigenvalue weighted by atomic mass is 16.5. The summed E-state index contributed by atoms with van der Waals surface area (Å²) in [5.41, 5.74) is 1.38. The summed E-state index contributed by atoms with van der Waals surface area (Å²) < 4.78 is 10.5. The summed E-state index contributed by atoms with van der Waals surface area (Å²) >= 11 is 0. The third-order valence-electron chi connectivity index (χ3n) is 4.34. The predicted octanol–water partition coefficient (Wildman–Crippen LogP) is 2.90. The van der Waals surface area contributed by atoms with E-state index in [0.717, 1.165) is 5.56 Å². The Kier molecular flexibility index (Phi) is 5.51. The van der Waals surface area contributed by atoms with Crippen LogP contribution in [0.15, 0.2) is 59.1 Å². The van der Waals surface area contributed by atoms with Crippen LogP contribution < -0.4 is 10.1 Å². The lowest BCUT2D eigenvalue weighted by atomic mass is 10.1. The fourth-order valence-electron chi connectivity index (χ4n) is 2.90. The number of ether oxygens (including phenoxy) is 1. The SMILES string of the molecule is Cc1nc(C(NC(=O)c2ccc(OCc3noc(C)n3)cc2)c2ccccc2)n[nH]1. The minimum atomic E-state index is -0.471. The lowest BCUT2D eigenvalue weighted by molar-refractivity contribution is 0.0941. The third kappa shape index (κ3) is 4.52. The summed E-state index contributed by atoms with van der Waals surface area (Å²) in [6, 6.07) is 15.9. The Bertz CT molecular complexity index is 1120. The Morgan fingerprint density at radius 2 is 1.87 bits per heavy atom. The number of nitrogens with zero attached hydrogens (tertiary/aromatic N) is 4. The van der Waals surface area contributed by atoms with Gasteiger partial charge in [-0.25, -0.2) is 4.98 Å². The van der Waals surface area contributed by atoms with Gasteiger partial charge in [-0.05, 0) is 36.8 Å². The van der Waals surface area contributed by atoms with Gasteiger partial charge in [0, 0.05) is 12.5 Å². The van der Waals surface area contributed by atoms with Crippen LogP contribution in [0, 0.1) is 13.8 Å². The molecule has 4 aromatic rings. The second kappa shape index (κ2) is 8.56. The van der Waals surface area contributed by atoms with E-state index in [1.165, 1.54) is 0 Å². The van der Waals surface area contributed by atoms with Crippen molar-refractivity contribution in [3.63, 3.8) is 0 Å². The highest BCUT2D eigenvalue weighted by molar-refractivity contribution is 5.94. The van der Waals surface area contributed by atoms with Crippen molar-refractivity contribution in [1.29, 1.82) is 0 Å². The molecule has 30 heavy (non-hydrogen) atoms. The number of hydrogen-bond donors (Lipinski definition) is 2. The first kappa shape index (κ1) is 19.3. The van der Waals surface area contributed by atoms with E-state index in [9.17, 15) is 4.79 Å². The minimum absolute atomic E-state index is 0.184. The third-order valence-corrected chi connectivity index (χ3v) is 4.34. The molecule has 1 unspecified atom stereocenters. The highest BCUT2D eigenvalue weighted by Gasteiger charge is 2.21. The molecule has 0 spiro atoms. The Balaban J connectivity index is 1.46.